The fraction of sp³-hybridized carbons (Fsp3) is 0.389. The number of nitrogens with zero attached hydrogens (tertiary/aromatic N) is 1. The number of carbonyl (C=O) groups is 1. The van der Waals surface area contributed by atoms with Gasteiger partial charge in [0, 0.05) is 24.4 Å². The smallest absolute Gasteiger partial charge is 0.247 e. The summed E-state index contributed by atoms with van der Waals surface area (Å²) in [7, 11) is 0. The predicted molar refractivity (Wildman–Crippen MR) is 96.7 cm³/mol. The van der Waals surface area contributed by atoms with Crippen LogP contribution in [0.1, 0.15) is 31.2 Å². The standard InChI is InChI=1S/C18H24N2O2S/c1-15(16-9-5-4-6-10-16)22-14-8-3-2-7-12-20-13-11-17(21)19-18(20)23/h4-6,9-11,13,18,23H,1-3,7-8,12,14H2,(H,19,21). The molecule has 0 fully saturated rings. The summed E-state index contributed by atoms with van der Waals surface area (Å²) in [5, 5.41) is 2.75. The highest BCUT2D eigenvalue weighted by molar-refractivity contribution is 7.80. The van der Waals surface area contributed by atoms with E-state index in [0.717, 1.165) is 43.6 Å². The normalized spacial score (nSPS) is 17.0. The molecule has 1 amide bonds. The molecule has 124 valence electrons. The number of hydrogen-bond acceptors (Lipinski definition) is 4. The van der Waals surface area contributed by atoms with Gasteiger partial charge in [-0.15, -0.1) is 12.6 Å². The summed E-state index contributed by atoms with van der Waals surface area (Å²) in [5.74, 6) is 0.648. The lowest BCUT2D eigenvalue weighted by Gasteiger charge is -2.30. The first kappa shape index (κ1) is 17.5. The molecule has 1 atom stereocenters. The Labute approximate surface area is 143 Å². The Morgan fingerprint density at radius 3 is 2.70 bits per heavy atom. The molecule has 23 heavy (non-hydrogen) atoms. The van der Waals surface area contributed by atoms with E-state index < -0.39 is 0 Å². The van der Waals surface area contributed by atoms with E-state index >= 15 is 0 Å². The summed E-state index contributed by atoms with van der Waals surface area (Å²) < 4.78 is 5.68. The number of unbranched alkanes of at least 4 members (excludes halogenated alkanes) is 3. The number of hydrogen-bond donors (Lipinski definition) is 2. The maximum absolute atomic E-state index is 11.1. The molecule has 0 spiro atoms. The molecule has 0 bridgehead atoms. The molecule has 0 aromatic heterocycles. The van der Waals surface area contributed by atoms with Crippen LogP contribution in [0.25, 0.3) is 5.76 Å². The number of ether oxygens (including phenoxy) is 1. The first-order chi connectivity index (χ1) is 11.2. The molecule has 0 saturated heterocycles. The molecule has 0 radical (unpaired) electrons. The van der Waals surface area contributed by atoms with E-state index in [4.69, 9.17) is 4.74 Å². The fourth-order valence-corrected chi connectivity index (χ4v) is 2.67. The third kappa shape index (κ3) is 6.02. The van der Waals surface area contributed by atoms with Crippen LogP contribution >= 0.6 is 12.6 Å². The summed E-state index contributed by atoms with van der Waals surface area (Å²) in [6.07, 6.45) is 7.67. The molecular formula is C18H24N2O2S. The summed E-state index contributed by atoms with van der Waals surface area (Å²) in [4.78, 5) is 13.2. The van der Waals surface area contributed by atoms with E-state index in [2.05, 4.69) is 24.5 Å². The van der Waals surface area contributed by atoms with Crippen molar-refractivity contribution < 1.29 is 9.53 Å². The number of thiol groups is 1. The third-order valence-corrected chi connectivity index (χ3v) is 4.11. The van der Waals surface area contributed by atoms with Crippen molar-refractivity contribution in [2.75, 3.05) is 13.2 Å². The summed E-state index contributed by atoms with van der Waals surface area (Å²) in [6, 6.07) is 9.95. The van der Waals surface area contributed by atoms with Gasteiger partial charge < -0.3 is 15.0 Å². The quantitative estimate of drug-likeness (QED) is 0.414. The molecular weight excluding hydrogens is 308 g/mol. The first-order valence-corrected chi connectivity index (χ1v) is 8.48. The van der Waals surface area contributed by atoms with Crippen molar-refractivity contribution in [2.45, 2.75) is 31.2 Å². The highest BCUT2D eigenvalue weighted by atomic mass is 32.1. The van der Waals surface area contributed by atoms with Crippen molar-refractivity contribution in [1.82, 2.24) is 10.2 Å². The van der Waals surface area contributed by atoms with Crippen molar-refractivity contribution in [1.29, 1.82) is 0 Å². The summed E-state index contributed by atoms with van der Waals surface area (Å²) >= 11 is 4.34. The van der Waals surface area contributed by atoms with E-state index in [9.17, 15) is 4.79 Å². The number of rotatable bonds is 9. The molecule has 2 rings (SSSR count). The maximum Gasteiger partial charge on any atom is 0.247 e. The zero-order chi connectivity index (χ0) is 16.5. The van der Waals surface area contributed by atoms with Crippen molar-refractivity contribution in [3.05, 3.63) is 54.8 Å². The van der Waals surface area contributed by atoms with Gasteiger partial charge in [0.15, 0.2) is 0 Å². The molecule has 1 heterocycles. The molecule has 1 aromatic carbocycles. The van der Waals surface area contributed by atoms with Crippen LogP contribution in [0.3, 0.4) is 0 Å². The SMILES string of the molecule is C=C(OCCCCCCN1C=CC(=O)NC1S)c1ccccc1. The van der Waals surface area contributed by atoms with Gasteiger partial charge >= 0.3 is 0 Å². The van der Waals surface area contributed by atoms with Gasteiger partial charge in [-0.2, -0.15) is 0 Å². The van der Waals surface area contributed by atoms with Gasteiger partial charge in [0.1, 0.15) is 11.3 Å². The second-order valence-electron chi connectivity index (χ2n) is 5.49. The molecule has 4 nitrogen and oxygen atoms in total. The second kappa shape index (κ2) is 9.30. The Hall–Kier alpha value is -1.88. The minimum atomic E-state index is -0.218. The Morgan fingerprint density at radius 1 is 1.22 bits per heavy atom. The molecule has 1 aliphatic rings. The van der Waals surface area contributed by atoms with E-state index in [1.165, 1.54) is 6.08 Å². The van der Waals surface area contributed by atoms with Crippen LogP contribution in [0.4, 0.5) is 0 Å². The van der Waals surface area contributed by atoms with Crippen molar-refractivity contribution in [3.8, 4) is 0 Å². The minimum Gasteiger partial charge on any atom is -0.494 e. The second-order valence-corrected chi connectivity index (χ2v) is 5.98. The van der Waals surface area contributed by atoms with E-state index in [1.54, 1.807) is 0 Å². The van der Waals surface area contributed by atoms with Crippen LogP contribution in [0.5, 0.6) is 0 Å². The zero-order valence-electron chi connectivity index (χ0n) is 13.3. The molecule has 1 N–H and O–H groups in total. The van der Waals surface area contributed by atoms with Gasteiger partial charge in [0.05, 0.1) is 6.61 Å². The van der Waals surface area contributed by atoms with Crippen LogP contribution in [-0.2, 0) is 9.53 Å². The van der Waals surface area contributed by atoms with Gasteiger partial charge in [-0.25, -0.2) is 0 Å². The lowest BCUT2D eigenvalue weighted by molar-refractivity contribution is -0.118. The van der Waals surface area contributed by atoms with Crippen LogP contribution in [0.2, 0.25) is 0 Å². The molecule has 1 aromatic rings. The number of carbonyl (C=O) groups excluding carboxylic acids is 1. The van der Waals surface area contributed by atoms with Crippen LogP contribution in [-0.4, -0.2) is 29.5 Å². The average Bonchev–Trinajstić information content (AvgIpc) is 2.56. The third-order valence-electron chi connectivity index (χ3n) is 3.69. The van der Waals surface area contributed by atoms with E-state index in [0.29, 0.717) is 6.61 Å². The molecule has 5 heteroatoms. The van der Waals surface area contributed by atoms with Crippen LogP contribution < -0.4 is 5.32 Å². The van der Waals surface area contributed by atoms with Gasteiger partial charge in [-0.05, 0) is 12.8 Å². The van der Waals surface area contributed by atoms with Crippen LogP contribution in [0.15, 0.2) is 49.2 Å². The molecule has 1 unspecified atom stereocenters. The minimum absolute atomic E-state index is 0.0861. The topological polar surface area (TPSA) is 41.6 Å². The van der Waals surface area contributed by atoms with Crippen molar-refractivity contribution >= 4 is 24.3 Å². The lowest BCUT2D eigenvalue weighted by Crippen LogP contribution is -2.45. The van der Waals surface area contributed by atoms with E-state index in [1.807, 2.05) is 41.4 Å². The predicted octanol–water partition coefficient (Wildman–Crippen LogP) is 3.39. The summed E-state index contributed by atoms with van der Waals surface area (Å²) in [5.41, 5.74) is 0.816. The van der Waals surface area contributed by atoms with Gasteiger partial charge in [-0.1, -0.05) is 49.8 Å². The maximum atomic E-state index is 11.1. The van der Waals surface area contributed by atoms with E-state index in [-0.39, 0.29) is 11.4 Å². The molecule has 1 aliphatic heterocycles. The Kier molecular flexibility index (Phi) is 7.07. The highest BCUT2D eigenvalue weighted by Crippen LogP contribution is 2.14. The number of benzene rings is 1. The van der Waals surface area contributed by atoms with Gasteiger partial charge in [0.2, 0.25) is 5.91 Å². The Bertz CT molecular complexity index is 545. The van der Waals surface area contributed by atoms with Gasteiger partial charge in [-0.3, -0.25) is 4.79 Å². The average molecular weight is 332 g/mol. The molecule has 0 aliphatic carbocycles. The first-order valence-electron chi connectivity index (χ1n) is 7.96. The van der Waals surface area contributed by atoms with Crippen molar-refractivity contribution in [3.63, 3.8) is 0 Å². The monoisotopic (exact) mass is 332 g/mol. The molecule has 0 saturated carbocycles. The van der Waals surface area contributed by atoms with Crippen molar-refractivity contribution in [2.24, 2.45) is 0 Å². The number of nitrogens with one attached hydrogen (secondary N) is 1. The fourth-order valence-electron chi connectivity index (χ4n) is 2.35. The lowest BCUT2D eigenvalue weighted by atomic mass is 10.2. The number of amides is 1. The Balaban J connectivity index is 1.52. The zero-order valence-corrected chi connectivity index (χ0v) is 14.2. The van der Waals surface area contributed by atoms with Crippen LogP contribution in [0, 0.1) is 0 Å². The van der Waals surface area contributed by atoms with Gasteiger partial charge in [0.25, 0.3) is 0 Å². The largest absolute Gasteiger partial charge is 0.494 e. The summed E-state index contributed by atoms with van der Waals surface area (Å²) in [6.45, 7) is 5.54. The highest BCUT2D eigenvalue weighted by Gasteiger charge is 2.16. The Morgan fingerprint density at radius 2 is 1.96 bits per heavy atom.